The number of aliphatic imine (C=N–C) groups is 1. The number of hydrogen-bond acceptors (Lipinski definition) is 4. The molecule has 7 nitrogen and oxygen atoms in total. The molecule has 1 aromatic rings. The number of carbonyl (C=O) groups excluding carboxylic acids is 1. The van der Waals surface area contributed by atoms with Crippen LogP contribution in [0.25, 0.3) is 0 Å². The SMILES string of the molecule is CN=C(NCCNC(=O)OC(C)(C)C)NCC(C)N1CCc2ccccc2C1.I. The van der Waals surface area contributed by atoms with Crippen LogP contribution in [-0.2, 0) is 17.7 Å². The number of rotatable bonds is 6. The van der Waals surface area contributed by atoms with Crippen molar-refractivity contribution in [3.05, 3.63) is 35.4 Å². The normalized spacial score (nSPS) is 15.6. The lowest BCUT2D eigenvalue weighted by Gasteiger charge is -2.34. The van der Waals surface area contributed by atoms with Crippen LogP contribution in [0.15, 0.2) is 29.3 Å². The molecule has 1 aliphatic heterocycles. The number of fused-ring (bicyclic) bond motifs is 1. The molecular formula is C21H36IN5O2. The summed E-state index contributed by atoms with van der Waals surface area (Å²) in [5.74, 6) is 0.732. The predicted molar refractivity (Wildman–Crippen MR) is 129 cm³/mol. The van der Waals surface area contributed by atoms with Crippen LogP contribution in [0.2, 0.25) is 0 Å². The second-order valence-corrected chi connectivity index (χ2v) is 8.15. The highest BCUT2D eigenvalue weighted by molar-refractivity contribution is 14.0. The van der Waals surface area contributed by atoms with Gasteiger partial charge >= 0.3 is 6.09 Å². The highest BCUT2D eigenvalue weighted by Gasteiger charge is 2.20. The molecule has 1 aromatic carbocycles. The van der Waals surface area contributed by atoms with Crippen LogP contribution in [0.3, 0.4) is 0 Å². The van der Waals surface area contributed by atoms with Crippen molar-refractivity contribution in [2.75, 3.05) is 33.2 Å². The largest absolute Gasteiger partial charge is 0.444 e. The van der Waals surface area contributed by atoms with E-state index in [0.29, 0.717) is 19.1 Å². The quantitative estimate of drug-likeness (QED) is 0.234. The molecule has 0 aromatic heterocycles. The van der Waals surface area contributed by atoms with Crippen LogP contribution in [0, 0.1) is 0 Å². The van der Waals surface area contributed by atoms with E-state index in [4.69, 9.17) is 4.74 Å². The fourth-order valence-corrected chi connectivity index (χ4v) is 3.15. The van der Waals surface area contributed by atoms with E-state index in [-0.39, 0.29) is 24.0 Å². The molecule has 164 valence electrons. The van der Waals surface area contributed by atoms with Gasteiger partial charge in [0.15, 0.2) is 5.96 Å². The van der Waals surface area contributed by atoms with Crippen molar-refractivity contribution in [1.29, 1.82) is 0 Å². The standard InChI is InChI=1S/C21H35N5O2.HI/c1-16(26-13-10-17-8-6-7-9-18(17)15-26)14-25-19(22-5)23-11-12-24-20(27)28-21(2,3)4;/h6-9,16H,10-15H2,1-5H3,(H,24,27)(H2,22,23,25);1H. The van der Waals surface area contributed by atoms with Crippen molar-refractivity contribution < 1.29 is 9.53 Å². The maximum atomic E-state index is 11.6. The minimum Gasteiger partial charge on any atom is -0.444 e. The molecule has 0 aliphatic carbocycles. The summed E-state index contributed by atoms with van der Waals surface area (Å²) in [5, 5.41) is 9.31. The molecular weight excluding hydrogens is 481 g/mol. The topological polar surface area (TPSA) is 78.0 Å². The van der Waals surface area contributed by atoms with Gasteiger partial charge in [-0.3, -0.25) is 9.89 Å². The summed E-state index contributed by atoms with van der Waals surface area (Å²) in [6.07, 6.45) is 0.695. The number of ether oxygens (including phenoxy) is 1. The predicted octanol–water partition coefficient (Wildman–Crippen LogP) is 2.74. The number of amides is 1. The molecule has 3 N–H and O–H groups in total. The molecule has 1 unspecified atom stereocenters. The Hall–Kier alpha value is -1.55. The third-order valence-corrected chi connectivity index (χ3v) is 4.66. The number of guanidine groups is 1. The zero-order chi connectivity index (χ0) is 20.6. The van der Waals surface area contributed by atoms with E-state index in [2.05, 4.69) is 57.0 Å². The number of halogens is 1. The smallest absolute Gasteiger partial charge is 0.407 e. The van der Waals surface area contributed by atoms with Gasteiger partial charge in [-0.15, -0.1) is 24.0 Å². The lowest BCUT2D eigenvalue weighted by molar-refractivity contribution is 0.0529. The lowest BCUT2D eigenvalue weighted by Crippen LogP contribution is -2.48. The number of alkyl carbamates (subject to hydrolysis) is 1. The Morgan fingerprint density at radius 3 is 2.48 bits per heavy atom. The van der Waals surface area contributed by atoms with E-state index in [0.717, 1.165) is 32.0 Å². The van der Waals surface area contributed by atoms with E-state index >= 15 is 0 Å². The Morgan fingerprint density at radius 2 is 1.83 bits per heavy atom. The monoisotopic (exact) mass is 517 g/mol. The molecule has 1 heterocycles. The average molecular weight is 517 g/mol. The maximum absolute atomic E-state index is 11.6. The van der Waals surface area contributed by atoms with Gasteiger partial charge < -0.3 is 20.7 Å². The summed E-state index contributed by atoms with van der Waals surface area (Å²) < 4.78 is 5.21. The zero-order valence-corrected chi connectivity index (χ0v) is 20.6. The van der Waals surface area contributed by atoms with Gasteiger partial charge in [0.25, 0.3) is 0 Å². The second-order valence-electron chi connectivity index (χ2n) is 8.15. The molecule has 0 fully saturated rings. The average Bonchev–Trinajstić information content (AvgIpc) is 2.65. The number of hydrogen-bond donors (Lipinski definition) is 3. The van der Waals surface area contributed by atoms with Gasteiger partial charge in [-0.05, 0) is 45.2 Å². The number of benzene rings is 1. The highest BCUT2D eigenvalue weighted by atomic mass is 127. The summed E-state index contributed by atoms with van der Waals surface area (Å²) in [7, 11) is 1.75. The van der Waals surface area contributed by atoms with Crippen molar-refractivity contribution >= 4 is 36.0 Å². The van der Waals surface area contributed by atoms with Crippen LogP contribution in [0.1, 0.15) is 38.8 Å². The molecule has 0 saturated carbocycles. The molecule has 0 radical (unpaired) electrons. The Balaban J connectivity index is 0.00000420. The first kappa shape index (κ1) is 25.5. The molecule has 2 rings (SSSR count). The van der Waals surface area contributed by atoms with Crippen LogP contribution >= 0.6 is 24.0 Å². The molecule has 8 heteroatoms. The Morgan fingerprint density at radius 1 is 1.17 bits per heavy atom. The second kappa shape index (κ2) is 12.2. The summed E-state index contributed by atoms with van der Waals surface area (Å²) in [6.45, 7) is 11.7. The summed E-state index contributed by atoms with van der Waals surface area (Å²) in [4.78, 5) is 18.4. The molecule has 0 spiro atoms. The molecule has 0 saturated heterocycles. The molecule has 1 amide bonds. The Kier molecular flexibility index (Phi) is 10.7. The first-order chi connectivity index (χ1) is 13.3. The molecule has 29 heavy (non-hydrogen) atoms. The van der Waals surface area contributed by atoms with Crippen LogP contribution in [0.5, 0.6) is 0 Å². The minimum atomic E-state index is -0.486. The zero-order valence-electron chi connectivity index (χ0n) is 18.2. The van der Waals surface area contributed by atoms with E-state index in [1.165, 1.54) is 11.1 Å². The first-order valence-electron chi connectivity index (χ1n) is 10.0. The Bertz CT molecular complexity index is 675. The van der Waals surface area contributed by atoms with Gasteiger partial charge in [0.2, 0.25) is 0 Å². The van der Waals surface area contributed by atoms with Crippen molar-refractivity contribution in [2.45, 2.75) is 52.3 Å². The van der Waals surface area contributed by atoms with Gasteiger partial charge in [0.05, 0.1) is 0 Å². The summed E-state index contributed by atoms with van der Waals surface area (Å²) in [6, 6.07) is 9.08. The van der Waals surface area contributed by atoms with E-state index in [1.54, 1.807) is 7.05 Å². The van der Waals surface area contributed by atoms with Crippen molar-refractivity contribution in [3.63, 3.8) is 0 Å². The molecule has 0 bridgehead atoms. The van der Waals surface area contributed by atoms with Gasteiger partial charge in [-0.1, -0.05) is 24.3 Å². The minimum absolute atomic E-state index is 0. The Labute approximate surface area is 192 Å². The number of carbonyl (C=O) groups is 1. The van der Waals surface area contributed by atoms with Crippen LogP contribution in [-0.4, -0.2) is 61.8 Å². The van der Waals surface area contributed by atoms with Crippen molar-refractivity contribution in [2.24, 2.45) is 4.99 Å². The molecule has 1 atom stereocenters. The van der Waals surface area contributed by atoms with Gasteiger partial charge in [-0.25, -0.2) is 4.79 Å². The van der Waals surface area contributed by atoms with Gasteiger partial charge in [0, 0.05) is 45.8 Å². The van der Waals surface area contributed by atoms with Gasteiger partial charge in [-0.2, -0.15) is 0 Å². The number of nitrogens with one attached hydrogen (secondary N) is 3. The van der Waals surface area contributed by atoms with Crippen molar-refractivity contribution in [3.8, 4) is 0 Å². The highest BCUT2D eigenvalue weighted by Crippen LogP contribution is 2.19. The lowest BCUT2D eigenvalue weighted by atomic mass is 9.99. The third-order valence-electron chi connectivity index (χ3n) is 4.66. The fourth-order valence-electron chi connectivity index (χ4n) is 3.15. The van der Waals surface area contributed by atoms with E-state index in [1.807, 2.05) is 20.8 Å². The van der Waals surface area contributed by atoms with Crippen molar-refractivity contribution in [1.82, 2.24) is 20.9 Å². The molecule has 1 aliphatic rings. The fraction of sp³-hybridized carbons (Fsp3) is 0.619. The van der Waals surface area contributed by atoms with E-state index < -0.39 is 11.7 Å². The van der Waals surface area contributed by atoms with Crippen LogP contribution < -0.4 is 16.0 Å². The van der Waals surface area contributed by atoms with Gasteiger partial charge in [0.1, 0.15) is 5.60 Å². The summed E-state index contributed by atoms with van der Waals surface area (Å²) in [5.41, 5.74) is 2.41. The van der Waals surface area contributed by atoms with Crippen LogP contribution in [0.4, 0.5) is 4.79 Å². The first-order valence-corrected chi connectivity index (χ1v) is 10.0. The summed E-state index contributed by atoms with van der Waals surface area (Å²) >= 11 is 0. The third kappa shape index (κ3) is 9.20. The van der Waals surface area contributed by atoms with E-state index in [9.17, 15) is 4.79 Å². The maximum Gasteiger partial charge on any atom is 0.407 e. The number of nitrogens with zero attached hydrogens (tertiary/aromatic N) is 2.